The molecule has 1 saturated heterocycles. The molecule has 3 heterocycles. The number of nitrogens with one attached hydrogen (secondary N) is 2. The molecule has 1 aliphatic heterocycles. The van der Waals surface area contributed by atoms with Crippen molar-refractivity contribution >= 4 is 59.7 Å². The van der Waals surface area contributed by atoms with E-state index in [1.165, 1.54) is 27.0 Å². The minimum absolute atomic E-state index is 0.176. The van der Waals surface area contributed by atoms with Crippen molar-refractivity contribution in [2.45, 2.75) is 18.7 Å². The Balaban J connectivity index is 1.34. The van der Waals surface area contributed by atoms with Crippen LogP contribution >= 0.6 is 22.7 Å². The highest BCUT2D eigenvalue weighted by molar-refractivity contribution is 7.89. The Morgan fingerprint density at radius 1 is 1.05 bits per heavy atom. The Morgan fingerprint density at radius 2 is 1.82 bits per heavy atom. The van der Waals surface area contributed by atoms with Crippen LogP contribution in [0.4, 0.5) is 9.80 Å². The lowest BCUT2D eigenvalue weighted by Gasteiger charge is -2.34. The number of carbonyl (C=O) groups excluding carboxylic acids is 2. The zero-order valence-corrected chi connectivity index (χ0v) is 23.4. The van der Waals surface area contributed by atoms with Gasteiger partial charge in [0.2, 0.25) is 10.0 Å². The summed E-state index contributed by atoms with van der Waals surface area (Å²) in [6.07, 6.45) is 0. The number of thiophene rings is 1. The second kappa shape index (κ2) is 10.8. The van der Waals surface area contributed by atoms with Gasteiger partial charge in [0.15, 0.2) is 0 Å². The molecule has 0 aliphatic carbocycles. The van der Waals surface area contributed by atoms with Gasteiger partial charge in [-0.2, -0.15) is 4.31 Å². The van der Waals surface area contributed by atoms with Crippen LogP contribution < -0.4 is 10.6 Å². The number of urea groups is 1. The Kier molecular flexibility index (Phi) is 7.48. The zero-order chi connectivity index (χ0) is 26.9. The minimum Gasteiger partial charge on any atom is -0.338 e. The third kappa shape index (κ3) is 5.17. The lowest BCUT2D eigenvalue weighted by atomic mass is 10.1. The number of piperazine rings is 1. The SMILES string of the molecule is CCNC(=O)Nc1sc2ccccc2c1C(=O)N1CCN(S(=O)(=O)c2cccc(-c3csc(C)n3)c2)CC1. The van der Waals surface area contributed by atoms with Gasteiger partial charge in [-0.25, -0.2) is 18.2 Å². The van der Waals surface area contributed by atoms with Crippen LogP contribution in [0.2, 0.25) is 0 Å². The quantitative estimate of drug-likeness (QED) is 0.352. The molecule has 0 atom stereocenters. The van der Waals surface area contributed by atoms with Gasteiger partial charge in [0.05, 0.1) is 21.2 Å². The number of sulfonamides is 1. The second-order valence-electron chi connectivity index (χ2n) is 8.76. The number of carbonyl (C=O) groups is 2. The topological polar surface area (TPSA) is 112 Å². The Labute approximate surface area is 229 Å². The molecule has 1 fully saturated rings. The first-order valence-electron chi connectivity index (χ1n) is 12.2. The Hall–Kier alpha value is -3.32. The molecule has 12 heteroatoms. The van der Waals surface area contributed by atoms with E-state index in [4.69, 9.17) is 0 Å². The van der Waals surface area contributed by atoms with Crippen molar-refractivity contribution in [2.75, 3.05) is 38.0 Å². The predicted octanol–water partition coefficient (Wildman–Crippen LogP) is 4.62. The molecule has 2 aromatic carbocycles. The van der Waals surface area contributed by atoms with Crippen molar-refractivity contribution in [2.24, 2.45) is 0 Å². The molecule has 0 bridgehead atoms. The van der Waals surface area contributed by atoms with Gasteiger partial charge in [-0.05, 0) is 32.0 Å². The molecule has 0 unspecified atom stereocenters. The summed E-state index contributed by atoms with van der Waals surface area (Å²) in [6.45, 7) is 5.03. The number of fused-ring (bicyclic) bond motifs is 1. The van der Waals surface area contributed by atoms with Crippen LogP contribution in [0.3, 0.4) is 0 Å². The molecule has 4 aromatic rings. The van der Waals surface area contributed by atoms with Crippen molar-refractivity contribution < 1.29 is 18.0 Å². The van der Waals surface area contributed by atoms with Crippen LogP contribution in [0.5, 0.6) is 0 Å². The third-order valence-electron chi connectivity index (χ3n) is 6.29. The van der Waals surface area contributed by atoms with Crippen molar-refractivity contribution in [1.29, 1.82) is 0 Å². The molecule has 0 spiro atoms. The van der Waals surface area contributed by atoms with Crippen LogP contribution in [0.1, 0.15) is 22.3 Å². The van der Waals surface area contributed by atoms with Crippen molar-refractivity contribution in [3.05, 3.63) is 64.5 Å². The van der Waals surface area contributed by atoms with E-state index in [9.17, 15) is 18.0 Å². The van der Waals surface area contributed by atoms with E-state index in [0.717, 1.165) is 26.4 Å². The molecule has 3 amide bonds. The molecule has 198 valence electrons. The van der Waals surface area contributed by atoms with Gasteiger partial charge in [-0.15, -0.1) is 22.7 Å². The van der Waals surface area contributed by atoms with Gasteiger partial charge in [-0.1, -0.05) is 30.3 Å². The number of aryl methyl sites for hydroxylation is 1. The first-order valence-corrected chi connectivity index (χ1v) is 15.3. The maximum absolute atomic E-state index is 13.7. The fraction of sp³-hybridized carbons (Fsp3) is 0.269. The van der Waals surface area contributed by atoms with Crippen molar-refractivity contribution in [3.63, 3.8) is 0 Å². The molecule has 38 heavy (non-hydrogen) atoms. The highest BCUT2D eigenvalue weighted by Crippen LogP contribution is 2.37. The number of rotatable bonds is 6. The number of aromatic nitrogens is 1. The van der Waals surface area contributed by atoms with Crippen LogP contribution in [0.25, 0.3) is 21.3 Å². The summed E-state index contributed by atoms with van der Waals surface area (Å²) in [5, 5.41) is 9.56. The summed E-state index contributed by atoms with van der Waals surface area (Å²) in [7, 11) is -3.75. The van der Waals surface area contributed by atoms with Crippen LogP contribution in [-0.2, 0) is 10.0 Å². The summed E-state index contributed by atoms with van der Waals surface area (Å²) in [5.41, 5.74) is 1.93. The van der Waals surface area contributed by atoms with Crippen LogP contribution in [-0.4, -0.2) is 67.3 Å². The van der Waals surface area contributed by atoms with E-state index in [1.54, 1.807) is 23.1 Å². The summed E-state index contributed by atoms with van der Waals surface area (Å²) >= 11 is 2.86. The lowest BCUT2D eigenvalue weighted by Crippen LogP contribution is -2.50. The maximum Gasteiger partial charge on any atom is 0.319 e. The smallest absolute Gasteiger partial charge is 0.319 e. The second-order valence-corrected chi connectivity index (χ2v) is 12.8. The number of nitrogens with zero attached hydrogens (tertiary/aromatic N) is 3. The van der Waals surface area contributed by atoms with E-state index in [-0.39, 0.29) is 43.0 Å². The average Bonchev–Trinajstić information content (AvgIpc) is 3.51. The number of thiazole rings is 1. The number of amides is 3. The number of benzene rings is 2. The molecule has 0 radical (unpaired) electrons. The third-order valence-corrected chi connectivity index (χ3v) is 10.0. The zero-order valence-electron chi connectivity index (χ0n) is 20.9. The molecule has 2 N–H and O–H groups in total. The summed E-state index contributed by atoms with van der Waals surface area (Å²) in [6, 6.07) is 13.9. The Bertz CT molecular complexity index is 1600. The summed E-state index contributed by atoms with van der Waals surface area (Å²) < 4.78 is 29.2. The van der Waals surface area contributed by atoms with E-state index < -0.39 is 10.0 Å². The summed E-state index contributed by atoms with van der Waals surface area (Å²) in [5.74, 6) is -0.229. The monoisotopic (exact) mass is 569 g/mol. The van der Waals surface area contributed by atoms with Gasteiger partial charge in [0.25, 0.3) is 5.91 Å². The lowest BCUT2D eigenvalue weighted by molar-refractivity contribution is 0.0701. The molecular weight excluding hydrogens is 543 g/mol. The first kappa shape index (κ1) is 26.3. The van der Waals surface area contributed by atoms with E-state index in [2.05, 4.69) is 15.6 Å². The predicted molar refractivity (Wildman–Crippen MR) is 151 cm³/mol. The standard InChI is InChI=1S/C26H27N5O4S3/c1-3-27-26(33)29-24-23(20-9-4-5-10-22(20)37-24)25(32)30-11-13-31(14-12-30)38(34,35)19-8-6-7-18(15-19)21-16-36-17(2)28-21/h4-10,15-16H,3,11-14H2,1-2H3,(H2,27,29,33). The van der Waals surface area contributed by atoms with Gasteiger partial charge >= 0.3 is 6.03 Å². The van der Waals surface area contributed by atoms with E-state index >= 15 is 0 Å². The Morgan fingerprint density at radius 3 is 2.53 bits per heavy atom. The van der Waals surface area contributed by atoms with Crippen LogP contribution in [0, 0.1) is 6.92 Å². The molecule has 1 aliphatic rings. The fourth-order valence-corrected chi connectivity index (χ4v) is 7.58. The number of anilines is 1. The molecule has 5 rings (SSSR count). The number of hydrogen-bond donors (Lipinski definition) is 2. The average molecular weight is 570 g/mol. The largest absolute Gasteiger partial charge is 0.338 e. The van der Waals surface area contributed by atoms with E-state index in [0.29, 0.717) is 17.1 Å². The maximum atomic E-state index is 13.7. The van der Waals surface area contributed by atoms with Crippen molar-refractivity contribution in [3.8, 4) is 11.3 Å². The van der Waals surface area contributed by atoms with Gasteiger partial charge in [0, 0.05) is 53.8 Å². The molecular formula is C26H27N5O4S3. The highest BCUT2D eigenvalue weighted by atomic mass is 32.2. The normalized spacial score (nSPS) is 14.5. The van der Waals surface area contributed by atoms with Gasteiger partial charge in [0.1, 0.15) is 5.00 Å². The summed E-state index contributed by atoms with van der Waals surface area (Å²) in [4.78, 5) is 32.2. The molecule has 9 nitrogen and oxygen atoms in total. The van der Waals surface area contributed by atoms with Gasteiger partial charge < -0.3 is 10.2 Å². The molecule has 0 saturated carbocycles. The fourth-order valence-electron chi connectivity index (χ4n) is 4.40. The number of hydrogen-bond acceptors (Lipinski definition) is 7. The van der Waals surface area contributed by atoms with Gasteiger partial charge in [-0.3, -0.25) is 10.1 Å². The first-order chi connectivity index (χ1) is 18.3. The highest BCUT2D eigenvalue weighted by Gasteiger charge is 2.32. The van der Waals surface area contributed by atoms with Crippen molar-refractivity contribution in [1.82, 2.24) is 19.5 Å². The molecule has 2 aromatic heterocycles. The van der Waals surface area contributed by atoms with Crippen LogP contribution in [0.15, 0.2) is 58.8 Å². The minimum atomic E-state index is -3.75. The van der Waals surface area contributed by atoms with E-state index in [1.807, 2.05) is 49.6 Å².